The van der Waals surface area contributed by atoms with Gasteiger partial charge in [-0.25, -0.2) is 0 Å². The van der Waals surface area contributed by atoms with Crippen LogP contribution in [0.1, 0.15) is 40.5 Å². The molecule has 0 bridgehead atoms. The van der Waals surface area contributed by atoms with E-state index in [4.69, 9.17) is 0 Å². The molecule has 1 aliphatic heterocycles. The summed E-state index contributed by atoms with van der Waals surface area (Å²) in [5.41, 5.74) is 0.0620. The van der Waals surface area contributed by atoms with E-state index in [2.05, 4.69) is 10.2 Å². The summed E-state index contributed by atoms with van der Waals surface area (Å²) in [5.74, 6) is 0.161. The number of benzene rings is 1. The Balaban J connectivity index is 1.55. The topological polar surface area (TPSA) is 70.8 Å². The second-order valence-corrected chi connectivity index (χ2v) is 9.38. The van der Waals surface area contributed by atoms with Crippen molar-refractivity contribution in [1.29, 1.82) is 0 Å². The highest BCUT2D eigenvalue weighted by atomic mass is 32.2. The zero-order chi connectivity index (χ0) is 24.5. The lowest BCUT2D eigenvalue weighted by atomic mass is 9.96. The molecule has 0 radical (unpaired) electrons. The van der Waals surface area contributed by atoms with Gasteiger partial charge in [0.2, 0.25) is 5.91 Å². The van der Waals surface area contributed by atoms with Gasteiger partial charge < -0.3 is 9.80 Å². The molecule has 0 saturated carbocycles. The first-order chi connectivity index (χ1) is 16.1. The van der Waals surface area contributed by atoms with Crippen LogP contribution in [0.15, 0.2) is 47.5 Å². The predicted octanol–water partition coefficient (Wildman–Crippen LogP) is 3.95. The standard InChI is InChI=1S/C23H24F3N5O2S/c1-29(2)20(32)14-34-18-8-4-3-7-17(18)22(33)30-11-5-6-15(12-30)21-28-27-19-10-9-16(13-31(19)21)23(24,25)26/h3-4,7-10,13,15H,5-6,11-12,14H2,1-2H3. The van der Waals surface area contributed by atoms with E-state index in [0.717, 1.165) is 12.3 Å². The van der Waals surface area contributed by atoms with Crippen molar-refractivity contribution >= 4 is 29.2 Å². The smallest absolute Gasteiger partial charge is 0.348 e. The Bertz CT molecular complexity index is 1210. The summed E-state index contributed by atoms with van der Waals surface area (Å²) < 4.78 is 41.0. The zero-order valence-electron chi connectivity index (χ0n) is 18.7. The maximum Gasteiger partial charge on any atom is 0.417 e. The van der Waals surface area contributed by atoms with E-state index in [1.807, 2.05) is 12.1 Å². The molecule has 0 aliphatic carbocycles. The summed E-state index contributed by atoms with van der Waals surface area (Å²) in [5, 5.41) is 8.17. The maximum atomic E-state index is 13.4. The van der Waals surface area contributed by atoms with Gasteiger partial charge in [-0.3, -0.25) is 14.0 Å². The van der Waals surface area contributed by atoms with Gasteiger partial charge in [-0.2, -0.15) is 13.2 Å². The number of hydrogen-bond acceptors (Lipinski definition) is 5. The van der Waals surface area contributed by atoms with Gasteiger partial charge in [0.1, 0.15) is 5.82 Å². The lowest BCUT2D eigenvalue weighted by Crippen LogP contribution is -2.39. The minimum absolute atomic E-state index is 0.0535. The number of nitrogens with zero attached hydrogens (tertiary/aromatic N) is 5. The van der Waals surface area contributed by atoms with Crippen LogP contribution in [0.5, 0.6) is 0 Å². The SMILES string of the molecule is CN(C)C(=O)CSc1ccccc1C(=O)N1CCCC(c2nnc3ccc(C(F)(F)F)cn23)C1. The molecule has 2 aromatic heterocycles. The summed E-state index contributed by atoms with van der Waals surface area (Å²) >= 11 is 1.31. The molecule has 4 rings (SSSR count). The quantitative estimate of drug-likeness (QED) is 0.506. The predicted molar refractivity (Wildman–Crippen MR) is 122 cm³/mol. The third kappa shape index (κ3) is 5.03. The van der Waals surface area contributed by atoms with E-state index in [9.17, 15) is 22.8 Å². The van der Waals surface area contributed by atoms with Crippen LogP contribution in [0.3, 0.4) is 0 Å². The Morgan fingerprint density at radius 3 is 2.65 bits per heavy atom. The second kappa shape index (κ2) is 9.65. The molecule has 0 spiro atoms. The minimum atomic E-state index is -4.47. The molecule has 11 heteroatoms. The van der Waals surface area contributed by atoms with E-state index in [-0.39, 0.29) is 23.5 Å². The molecular formula is C23H24F3N5O2S. The van der Waals surface area contributed by atoms with Crippen molar-refractivity contribution in [3.63, 3.8) is 0 Å². The monoisotopic (exact) mass is 491 g/mol. The Labute approximate surface area is 198 Å². The molecule has 1 atom stereocenters. The summed E-state index contributed by atoms with van der Waals surface area (Å²) in [6.45, 7) is 0.862. The van der Waals surface area contributed by atoms with Crippen LogP contribution in [0.4, 0.5) is 13.2 Å². The number of thioether (sulfide) groups is 1. The van der Waals surface area contributed by atoms with Crippen molar-refractivity contribution in [3.8, 4) is 0 Å². The first kappa shape index (κ1) is 24.1. The van der Waals surface area contributed by atoms with Crippen LogP contribution >= 0.6 is 11.8 Å². The Hall–Kier alpha value is -3.08. The van der Waals surface area contributed by atoms with Crippen LogP contribution < -0.4 is 0 Å². The number of fused-ring (bicyclic) bond motifs is 1. The van der Waals surface area contributed by atoms with Crippen molar-refractivity contribution in [2.75, 3.05) is 32.9 Å². The first-order valence-corrected chi connectivity index (χ1v) is 11.8. The largest absolute Gasteiger partial charge is 0.417 e. The van der Waals surface area contributed by atoms with Crippen LogP contribution in [0.2, 0.25) is 0 Å². The number of carbonyl (C=O) groups excluding carboxylic acids is 2. The average Bonchev–Trinajstić information content (AvgIpc) is 3.25. The van der Waals surface area contributed by atoms with E-state index in [0.29, 0.717) is 47.9 Å². The molecule has 1 aliphatic rings. The molecule has 0 N–H and O–H groups in total. The number of amides is 2. The Kier molecular flexibility index (Phi) is 6.83. The molecule has 180 valence electrons. The molecular weight excluding hydrogens is 467 g/mol. The highest BCUT2D eigenvalue weighted by Gasteiger charge is 2.33. The third-order valence-corrected chi connectivity index (χ3v) is 6.86. The van der Waals surface area contributed by atoms with Gasteiger partial charge in [-0.1, -0.05) is 12.1 Å². The fraction of sp³-hybridized carbons (Fsp3) is 0.391. The summed E-state index contributed by atoms with van der Waals surface area (Å²) in [6, 6.07) is 9.42. The lowest BCUT2D eigenvalue weighted by Gasteiger charge is -2.32. The zero-order valence-corrected chi connectivity index (χ0v) is 19.6. The highest BCUT2D eigenvalue weighted by Crippen LogP contribution is 2.32. The average molecular weight is 492 g/mol. The number of hydrogen-bond donors (Lipinski definition) is 0. The molecule has 2 amide bonds. The summed E-state index contributed by atoms with van der Waals surface area (Å²) in [7, 11) is 3.36. The minimum Gasteiger partial charge on any atom is -0.348 e. The van der Waals surface area contributed by atoms with Crippen molar-refractivity contribution < 1.29 is 22.8 Å². The van der Waals surface area contributed by atoms with Gasteiger partial charge in [0.25, 0.3) is 5.91 Å². The number of aromatic nitrogens is 3. The van der Waals surface area contributed by atoms with Crippen molar-refractivity contribution in [2.24, 2.45) is 0 Å². The van der Waals surface area contributed by atoms with Crippen molar-refractivity contribution in [3.05, 3.63) is 59.5 Å². The summed E-state index contributed by atoms with van der Waals surface area (Å²) in [6.07, 6.45) is -2.08. The van der Waals surface area contributed by atoms with Gasteiger partial charge in [0.05, 0.1) is 16.9 Å². The molecule has 1 unspecified atom stereocenters. The molecule has 3 aromatic rings. The Morgan fingerprint density at radius 2 is 1.91 bits per heavy atom. The number of pyridine rings is 1. The van der Waals surface area contributed by atoms with Crippen LogP contribution in [-0.4, -0.2) is 69.1 Å². The molecule has 7 nitrogen and oxygen atoms in total. The van der Waals surface area contributed by atoms with E-state index in [1.165, 1.54) is 27.1 Å². The van der Waals surface area contributed by atoms with Crippen LogP contribution in [-0.2, 0) is 11.0 Å². The van der Waals surface area contributed by atoms with Gasteiger partial charge in [-0.15, -0.1) is 22.0 Å². The molecule has 34 heavy (non-hydrogen) atoms. The fourth-order valence-corrected chi connectivity index (χ4v) is 4.96. The molecule has 1 fully saturated rings. The van der Waals surface area contributed by atoms with Gasteiger partial charge in [0.15, 0.2) is 5.65 Å². The van der Waals surface area contributed by atoms with Gasteiger partial charge in [-0.05, 0) is 37.1 Å². The lowest BCUT2D eigenvalue weighted by molar-refractivity contribution is -0.137. The molecule has 1 saturated heterocycles. The number of carbonyl (C=O) groups is 2. The van der Waals surface area contributed by atoms with Crippen LogP contribution in [0.25, 0.3) is 5.65 Å². The first-order valence-electron chi connectivity index (χ1n) is 10.8. The number of halogens is 3. The van der Waals surface area contributed by atoms with E-state index < -0.39 is 11.7 Å². The van der Waals surface area contributed by atoms with Crippen molar-refractivity contribution in [1.82, 2.24) is 24.4 Å². The second-order valence-electron chi connectivity index (χ2n) is 8.37. The highest BCUT2D eigenvalue weighted by molar-refractivity contribution is 8.00. The fourth-order valence-electron chi connectivity index (χ4n) is 3.94. The van der Waals surface area contributed by atoms with Gasteiger partial charge in [0, 0.05) is 44.2 Å². The van der Waals surface area contributed by atoms with E-state index >= 15 is 0 Å². The normalized spacial score (nSPS) is 16.6. The maximum absolute atomic E-state index is 13.4. The number of alkyl halides is 3. The summed E-state index contributed by atoms with van der Waals surface area (Å²) in [4.78, 5) is 29.3. The van der Waals surface area contributed by atoms with E-state index in [1.54, 1.807) is 31.1 Å². The van der Waals surface area contributed by atoms with Crippen molar-refractivity contribution in [2.45, 2.75) is 29.8 Å². The van der Waals surface area contributed by atoms with Gasteiger partial charge >= 0.3 is 6.18 Å². The Morgan fingerprint density at radius 1 is 1.15 bits per heavy atom. The number of likely N-dealkylation sites (tertiary alicyclic amines) is 1. The third-order valence-electron chi connectivity index (χ3n) is 5.80. The molecule has 1 aromatic carbocycles. The van der Waals surface area contributed by atoms with Crippen LogP contribution in [0, 0.1) is 0 Å². The molecule has 3 heterocycles. The number of piperidine rings is 1. The number of rotatable bonds is 5.